The number of halogens is 1. The van der Waals surface area contributed by atoms with Gasteiger partial charge in [-0.25, -0.2) is 0 Å². The van der Waals surface area contributed by atoms with Gasteiger partial charge in [-0.3, -0.25) is 4.79 Å². The quantitative estimate of drug-likeness (QED) is 0.678. The minimum absolute atomic E-state index is 0. The summed E-state index contributed by atoms with van der Waals surface area (Å²) in [6, 6.07) is 17.9. The van der Waals surface area contributed by atoms with Gasteiger partial charge in [0.1, 0.15) is 0 Å². The molecule has 5 heteroatoms. The molecule has 4 nitrogen and oxygen atoms in total. The number of nitrogens with one attached hydrogen (secondary N) is 2. The third kappa shape index (κ3) is 7.59. The van der Waals surface area contributed by atoms with Crippen LogP contribution in [0.4, 0.5) is 5.69 Å². The van der Waals surface area contributed by atoms with Crippen LogP contribution in [0.1, 0.15) is 24.0 Å². The second-order valence-corrected chi connectivity index (χ2v) is 5.43. The second-order valence-electron chi connectivity index (χ2n) is 5.43. The highest BCUT2D eigenvalue weighted by atomic mass is 35.5. The van der Waals surface area contributed by atoms with E-state index in [1.165, 1.54) is 0 Å². The van der Waals surface area contributed by atoms with Crippen LogP contribution in [0.2, 0.25) is 0 Å². The van der Waals surface area contributed by atoms with Crippen molar-refractivity contribution >= 4 is 24.0 Å². The van der Waals surface area contributed by atoms with Gasteiger partial charge in [0.05, 0.1) is 13.2 Å². The Morgan fingerprint density at radius 1 is 0.958 bits per heavy atom. The van der Waals surface area contributed by atoms with Crippen molar-refractivity contribution in [3.63, 3.8) is 0 Å². The summed E-state index contributed by atoms with van der Waals surface area (Å²) in [4.78, 5) is 11.7. The van der Waals surface area contributed by atoms with E-state index >= 15 is 0 Å². The van der Waals surface area contributed by atoms with Crippen LogP contribution in [0, 0.1) is 0 Å². The van der Waals surface area contributed by atoms with E-state index in [1.807, 2.05) is 61.6 Å². The molecule has 0 saturated heterocycles. The van der Waals surface area contributed by atoms with Crippen LogP contribution < -0.4 is 10.6 Å². The molecule has 0 bridgehead atoms. The molecule has 0 aliphatic carbocycles. The number of anilines is 1. The van der Waals surface area contributed by atoms with E-state index in [4.69, 9.17) is 4.74 Å². The van der Waals surface area contributed by atoms with Gasteiger partial charge in [-0.1, -0.05) is 42.5 Å². The molecular formula is C19H25ClN2O2. The summed E-state index contributed by atoms with van der Waals surface area (Å²) in [6.07, 6.45) is 1.37. The second kappa shape index (κ2) is 11.6. The van der Waals surface area contributed by atoms with Crippen LogP contribution in [-0.4, -0.2) is 19.5 Å². The van der Waals surface area contributed by atoms with Crippen LogP contribution in [0.25, 0.3) is 0 Å². The predicted octanol–water partition coefficient (Wildman–Crippen LogP) is 3.76. The average Bonchev–Trinajstić information content (AvgIpc) is 2.58. The smallest absolute Gasteiger partial charge is 0.224 e. The topological polar surface area (TPSA) is 50.4 Å². The third-order valence-electron chi connectivity index (χ3n) is 3.45. The van der Waals surface area contributed by atoms with Gasteiger partial charge in [0.2, 0.25) is 5.91 Å². The molecule has 0 heterocycles. The number of hydrogen-bond donors (Lipinski definition) is 2. The summed E-state index contributed by atoms with van der Waals surface area (Å²) in [5, 5.41) is 5.93. The summed E-state index contributed by atoms with van der Waals surface area (Å²) < 4.78 is 5.70. The van der Waals surface area contributed by atoms with Crippen LogP contribution in [0.3, 0.4) is 0 Å². The van der Waals surface area contributed by atoms with Crippen molar-refractivity contribution in [2.75, 3.05) is 18.9 Å². The van der Waals surface area contributed by atoms with Gasteiger partial charge >= 0.3 is 0 Å². The zero-order chi connectivity index (χ0) is 16.3. The lowest BCUT2D eigenvalue weighted by Crippen LogP contribution is -2.15. The van der Waals surface area contributed by atoms with Gasteiger partial charge in [-0.05, 0) is 43.3 Å². The Bertz CT molecular complexity index is 588. The molecule has 1 amide bonds. The van der Waals surface area contributed by atoms with E-state index < -0.39 is 0 Å². The first-order chi connectivity index (χ1) is 11.3. The van der Waals surface area contributed by atoms with E-state index in [0.717, 1.165) is 29.8 Å². The Morgan fingerprint density at radius 3 is 2.21 bits per heavy atom. The average molecular weight is 349 g/mol. The number of rotatable bonds is 9. The predicted molar refractivity (Wildman–Crippen MR) is 100 cm³/mol. The lowest BCUT2D eigenvalue weighted by molar-refractivity contribution is -0.116. The van der Waals surface area contributed by atoms with E-state index in [9.17, 15) is 4.79 Å². The standard InChI is InChI=1S/C19H24N2O2.ClH/c1-20-13-5-8-19(22)21-18-11-9-17(10-12-18)15-23-14-16-6-3-2-4-7-16;/h2-4,6-7,9-12,20H,5,8,13-15H2,1H3,(H,21,22);1H. The Labute approximate surface area is 150 Å². The first-order valence-electron chi connectivity index (χ1n) is 7.93. The molecule has 2 rings (SSSR count). The summed E-state index contributed by atoms with van der Waals surface area (Å²) in [5.74, 6) is 0.0494. The Hall–Kier alpha value is -1.88. The maximum Gasteiger partial charge on any atom is 0.224 e. The zero-order valence-electron chi connectivity index (χ0n) is 14.0. The van der Waals surface area contributed by atoms with Crippen LogP contribution >= 0.6 is 12.4 Å². The molecule has 0 spiro atoms. The van der Waals surface area contributed by atoms with E-state index in [0.29, 0.717) is 19.6 Å². The number of amides is 1. The van der Waals surface area contributed by atoms with Crippen molar-refractivity contribution in [2.45, 2.75) is 26.1 Å². The molecule has 0 unspecified atom stereocenters. The lowest BCUT2D eigenvalue weighted by atomic mass is 10.2. The number of carbonyl (C=O) groups is 1. The number of benzene rings is 2. The first kappa shape index (κ1) is 20.2. The first-order valence-corrected chi connectivity index (χ1v) is 7.93. The highest BCUT2D eigenvalue weighted by Gasteiger charge is 2.02. The number of hydrogen-bond acceptors (Lipinski definition) is 3. The molecule has 2 aromatic rings. The summed E-state index contributed by atoms with van der Waals surface area (Å²) >= 11 is 0. The van der Waals surface area contributed by atoms with Crippen molar-refractivity contribution in [1.82, 2.24) is 5.32 Å². The molecule has 0 atom stereocenters. The Kier molecular flexibility index (Phi) is 9.77. The minimum atomic E-state index is 0. The molecular weight excluding hydrogens is 324 g/mol. The van der Waals surface area contributed by atoms with Crippen LogP contribution in [0.5, 0.6) is 0 Å². The fourth-order valence-electron chi connectivity index (χ4n) is 2.19. The van der Waals surface area contributed by atoms with Gasteiger partial charge in [0.25, 0.3) is 0 Å². The van der Waals surface area contributed by atoms with Gasteiger partial charge in [-0.2, -0.15) is 0 Å². The maximum atomic E-state index is 11.7. The van der Waals surface area contributed by atoms with Crippen molar-refractivity contribution in [3.05, 3.63) is 65.7 Å². The molecule has 0 aromatic heterocycles. The summed E-state index contributed by atoms with van der Waals surface area (Å²) in [5.41, 5.74) is 3.08. The molecule has 0 radical (unpaired) electrons. The molecule has 0 aliphatic rings. The highest BCUT2D eigenvalue weighted by Crippen LogP contribution is 2.12. The zero-order valence-corrected chi connectivity index (χ0v) is 14.8. The van der Waals surface area contributed by atoms with Gasteiger partial charge in [-0.15, -0.1) is 12.4 Å². The van der Waals surface area contributed by atoms with Crippen molar-refractivity contribution < 1.29 is 9.53 Å². The Morgan fingerprint density at radius 2 is 1.58 bits per heavy atom. The molecule has 130 valence electrons. The summed E-state index contributed by atoms with van der Waals surface area (Å²) in [7, 11) is 1.89. The van der Waals surface area contributed by atoms with Crippen LogP contribution in [0.15, 0.2) is 54.6 Å². The number of ether oxygens (including phenoxy) is 1. The molecule has 0 fully saturated rings. The third-order valence-corrected chi connectivity index (χ3v) is 3.45. The van der Waals surface area contributed by atoms with E-state index in [2.05, 4.69) is 10.6 Å². The largest absolute Gasteiger partial charge is 0.372 e. The molecule has 2 N–H and O–H groups in total. The molecule has 24 heavy (non-hydrogen) atoms. The van der Waals surface area contributed by atoms with Crippen molar-refractivity contribution in [2.24, 2.45) is 0 Å². The van der Waals surface area contributed by atoms with Gasteiger partial charge in [0.15, 0.2) is 0 Å². The highest BCUT2D eigenvalue weighted by molar-refractivity contribution is 5.90. The lowest BCUT2D eigenvalue weighted by Gasteiger charge is -2.07. The fraction of sp³-hybridized carbons (Fsp3) is 0.316. The van der Waals surface area contributed by atoms with E-state index in [-0.39, 0.29) is 18.3 Å². The normalized spacial score (nSPS) is 10.0. The molecule has 2 aromatic carbocycles. The van der Waals surface area contributed by atoms with Crippen LogP contribution in [-0.2, 0) is 22.7 Å². The van der Waals surface area contributed by atoms with Gasteiger partial charge in [0, 0.05) is 12.1 Å². The van der Waals surface area contributed by atoms with Gasteiger partial charge < -0.3 is 15.4 Å². The van der Waals surface area contributed by atoms with Crippen molar-refractivity contribution in [3.8, 4) is 0 Å². The van der Waals surface area contributed by atoms with E-state index in [1.54, 1.807) is 0 Å². The summed E-state index contributed by atoms with van der Waals surface area (Å²) in [6.45, 7) is 2.02. The molecule has 0 saturated carbocycles. The SMILES string of the molecule is CNCCCC(=O)Nc1ccc(COCc2ccccc2)cc1.Cl. The van der Waals surface area contributed by atoms with Crippen molar-refractivity contribution in [1.29, 1.82) is 0 Å². The maximum absolute atomic E-state index is 11.7. The monoisotopic (exact) mass is 348 g/mol. The minimum Gasteiger partial charge on any atom is -0.372 e. The fourth-order valence-corrected chi connectivity index (χ4v) is 2.19. The number of carbonyl (C=O) groups excluding carboxylic acids is 1. The Balaban J connectivity index is 0.00000288. The molecule has 0 aliphatic heterocycles.